The summed E-state index contributed by atoms with van der Waals surface area (Å²) < 4.78 is 0. The highest BCUT2D eigenvalue weighted by atomic mass is 16.2. The number of aryl methyl sites for hydroxylation is 2. The van der Waals surface area contributed by atoms with Crippen LogP contribution in [-0.4, -0.2) is 18.9 Å². The third-order valence-corrected chi connectivity index (χ3v) is 2.23. The molecule has 4 heteroatoms. The van der Waals surface area contributed by atoms with Gasteiger partial charge in [0.15, 0.2) is 0 Å². The second-order valence-corrected chi connectivity index (χ2v) is 3.52. The molecule has 0 unspecified atom stereocenters. The summed E-state index contributed by atoms with van der Waals surface area (Å²) in [4.78, 5) is 23.3. The van der Waals surface area contributed by atoms with Crippen molar-refractivity contribution in [3.63, 3.8) is 0 Å². The van der Waals surface area contributed by atoms with Crippen LogP contribution >= 0.6 is 0 Å². The van der Waals surface area contributed by atoms with Crippen LogP contribution in [0.3, 0.4) is 0 Å². The number of carbonyl (C=O) groups is 2. The number of amides is 2. The van der Waals surface area contributed by atoms with Crippen molar-refractivity contribution in [2.24, 2.45) is 5.73 Å². The quantitative estimate of drug-likeness (QED) is 0.689. The molecule has 0 aliphatic carbocycles. The van der Waals surface area contributed by atoms with Crippen molar-refractivity contribution in [1.82, 2.24) is 0 Å². The van der Waals surface area contributed by atoms with Crippen molar-refractivity contribution in [2.45, 2.75) is 13.8 Å². The van der Waals surface area contributed by atoms with Crippen LogP contribution in [-0.2, 0) is 9.59 Å². The Morgan fingerprint density at radius 1 is 1.27 bits per heavy atom. The number of rotatable bonds is 1. The van der Waals surface area contributed by atoms with E-state index in [-0.39, 0.29) is 0 Å². The Labute approximate surface area is 88.7 Å². The first kappa shape index (κ1) is 11.2. The number of nitrogens with two attached hydrogens (primary N) is 1. The Kier molecular flexibility index (Phi) is 3.09. The van der Waals surface area contributed by atoms with Gasteiger partial charge in [-0.15, -0.1) is 0 Å². The van der Waals surface area contributed by atoms with Crippen molar-refractivity contribution in [3.05, 3.63) is 29.3 Å². The van der Waals surface area contributed by atoms with E-state index in [9.17, 15) is 9.59 Å². The Balaban J connectivity index is 3.06. The van der Waals surface area contributed by atoms with E-state index in [1.165, 1.54) is 11.9 Å². The fourth-order valence-electron chi connectivity index (χ4n) is 1.46. The van der Waals surface area contributed by atoms with E-state index in [1.54, 1.807) is 6.07 Å². The van der Waals surface area contributed by atoms with Crippen LogP contribution < -0.4 is 10.6 Å². The Bertz CT molecular complexity index is 413. The van der Waals surface area contributed by atoms with Gasteiger partial charge < -0.3 is 10.6 Å². The molecule has 0 heterocycles. The third kappa shape index (κ3) is 2.34. The standard InChI is InChI=1S/C11H14N2O2/c1-7-4-5-9(8(2)6-7)13(3)11(15)10(12)14/h4-6H,1-3H3,(H2,12,14). The SMILES string of the molecule is Cc1ccc(N(C)C(=O)C(N)=O)c(C)c1. The molecule has 0 bridgehead atoms. The van der Waals surface area contributed by atoms with Gasteiger partial charge in [0.2, 0.25) is 0 Å². The van der Waals surface area contributed by atoms with Crippen LogP contribution in [0, 0.1) is 13.8 Å². The zero-order valence-corrected chi connectivity index (χ0v) is 9.07. The molecule has 1 rings (SSSR count). The van der Waals surface area contributed by atoms with Crippen LogP contribution in [0.25, 0.3) is 0 Å². The first-order chi connectivity index (χ1) is 6.93. The number of nitrogens with zero attached hydrogens (tertiary/aromatic N) is 1. The molecular weight excluding hydrogens is 192 g/mol. The van der Waals surface area contributed by atoms with Crippen molar-refractivity contribution in [2.75, 3.05) is 11.9 Å². The number of anilines is 1. The molecule has 0 saturated carbocycles. The third-order valence-electron chi connectivity index (χ3n) is 2.23. The van der Waals surface area contributed by atoms with Crippen LogP contribution in [0.5, 0.6) is 0 Å². The summed E-state index contributed by atoms with van der Waals surface area (Å²) >= 11 is 0. The molecular formula is C11H14N2O2. The highest BCUT2D eigenvalue weighted by Crippen LogP contribution is 2.19. The zero-order chi connectivity index (χ0) is 11.6. The van der Waals surface area contributed by atoms with Crippen LogP contribution in [0.4, 0.5) is 5.69 Å². The fourth-order valence-corrected chi connectivity index (χ4v) is 1.46. The van der Waals surface area contributed by atoms with E-state index in [0.717, 1.165) is 11.1 Å². The molecule has 2 N–H and O–H groups in total. The molecule has 0 spiro atoms. The first-order valence-electron chi connectivity index (χ1n) is 4.58. The molecule has 15 heavy (non-hydrogen) atoms. The van der Waals surface area contributed by atoms with Crippen molar-refractivity contribution in [1.29, 1.82) is 0 Å². The zero-order valence-electron chi connectivity index (χ0n) is 9.07. The van der Waals surface area contributed by atoms with Crippen molar-refractivity contribution >= 4 is 17.5 Å². The maximum absolute atomic E-state index is 11.3. The van der Waals surface area contributed by atoms with Gasteiger partial charge in [0.25, 0.3) is 0 Å². The number of hydrogen-bond donors (Lipinski definition) is 1. The minimum atomic E-state index is -0.947. The Morgan fingerprint density at radius 3 is 2.33 bits per heavy atom. The number of benzene rings is 1. The van der Waals surface area contributed by atoms with E-state index in [0.29, 0.717) is 5.69 Å². The van der Waals surface area contributed by atoms with Gasteiger partial charge in [0, 0.05) is 12.7 Å². The average molecular weight is 206 g/mol. The average Bonchev–Trinajstić information content (AvgIpc) is 2.15. The lowest BCUT2D eigenvalue weighted by molar-refractivity contribution is -0.135. The summed E-state index contributed by atoms with van der Waals surface area (Å²) in [7, 11) is 1.53. The smallest absolute Gasteiger partial charge is 0.315 e. The molecule has 0 radical (unpaired) electrons. The summed E-state index contributed by atoms with van der Waals surface area (Å²) in [5.41, 5.74) is 7.67. The Hall–Kier alpha value is -1.84. The Morgan fingerprint density at radius 2 is 1.87 bits per heavy atom. The minimum Gasteiger partial charge on any atom is -0.361 e. The van der Waals surface area contributed by atoms with Gasteiger partial charge in [0.05, 0.1) is 0 Å². The molecule has 4 nitrogen and oxygen atoms in total. The molecule has 0 atom stereocenters. The maximum Gasteiger partial charge on any atom is 0.315 e. The summed E-state index contributed by atoms with van der Waals surface area (Å²) in [6, 6.07) is 5.62. The molecule has 0 aromatic heterocycles. The lowest BCUT2D eigenvalue weighted by Crippen LogP contribution is -2.38. The molecule has 0 aliphatic heterocycles. The number of primary amides is 1. The normalized spacial score (nSPS) is 9.80. The topological polar surface area (TPSA) is 63.4 Å². The first-order valence-corrected chi connectivity index (χ1v) is 4.58. The lowest BCUT2D eigenvalue weighted by Gasteiger charge is -2.17. The second kappa shape index (κ2) is 4.13. The van der Waals surface area contributed by atoms with E-state index in [1.807, 2.05) is 26.0 Å². The van der Waals surface area contributed by atoms with Gasteiger partial charge in [-0.05, 0) is 25.5 Å². The predicted molar refractivity (Wildman–Crippen MR) is 58.5 cm³/mol. The minimum absolute atomic E-state index is 0.699. The molecule has 0 saturated heterocycles. The summed E-state index contributed by atoms with van der Waals surface area (Å²) in [6.45, 7) is 3.85. The molecule has 0 fully saturated rings. The van der Waals surface area contributed by atoms with Gasteiger partial charge in [-0.2, -0.15) is 0 Å². The van der Waals surface area contributed by atoms with Crippen LogP contribution in [0.1, 0.15) is 11.1 Å². The number of carbonyl (C=O) groups excluding carboxylic acids is 2. The van der Waals surface area contributed by atoms with Crippen LogP contribution in [0.15, 0.2) is 18.2 Å². The highest BCUT2D eigenvalue weighted by molar-refractivity contribution is 6.39. The molecule has 0 aliphatic rings. The molecule has 1 aromatic carbocycles. The van der Waals surface area contributed by atoms with Crippen LogP contribution in [0.2, 0.25) is 0 Å². The monoisotopic (exact) mass is 206 g/mol. The van der Waals surface area contributed by atoms with Gasteiger partial charge in [0.1, 0.15) is 0 Å². The predicted octanol–water partition coefficient (Wildman–Crippen LogP) is 0.752. The summed E-state index contributed by atoms with van der Waals surface area (Å²) in [6.07, 6.45) is 0. The molecule has 2 amide bonds. The largest absolute Gasteiger partial charge is 0.361 e. The van der Waals surface area contributed by atoms with E-state index in [2.05, 4.69) is 0 Å². The summed E-state index contributed by atoms with van der Waals surface area (Å²) in [5.74, 6) is -1.65. The second-order valence-electron chi connectivity index (χ2n) is 3.52. The highest BCUT2D eigenvalue weighted by Gasteiger charge is 2.17. The fraction of sp³-hybridized carbons (Fsp3) is 0.273. The van der Waals surface area contributed by atoms with Gasteiger partial charge in [-0.25, -0.2) is 0 Å². The lowest BCUT2D eigenvalue weighted by atomic mass is 10.1. The number of likely N-dealkylation sites (N-methyl/N-ethyl adjacent to an activating group) is 1. The molecule has 80 valence electrons. The van der Waals surface area contributed by atoms with E-state index in [4.69, 9.17) is 5.73 Å². The van der Waals surface area contributed by atoms with E-state index >= 15 is 0 Å². The van der Waals surface area contributed by atoms with Gasteiger partial charge >= 0.3 is 11.8 Å². The molecule has 1 aromatic rings. The summed E-state index contributed by atoms with van der Waals surface area (Å²) in [5, 5.41) is 0. The van der Waals surface area contributed by atoms with Gasteiger partial charge in [-0.1, -0.05) is 17.7 Å². The van der Waals surface area contributed by atoms with Gasteiger partial charge in [-0.3, -0.25) is 9.59 Å². The maximum atomic E-state index is 11.3. The van der Waals surface area contributed by atoms with Crippen molar-refractivity contribution < 1.29 is 9.59 Å². The van der Waals surface area contributed by atoms with Crippen molar-refractivity contribution in [3.8, 4) is 0 Å². The number of hydrogen-bond acceptors (Lipinski definition) is 2. The van der Waals surface area contributed by atoms with E-state index < -0.39 is 11.8 Å².